The number of rotatable bonds is 3. The third-order valence-corrected chi connectivity index (χ3v) is 3.35. The summed E-state index contributed by atoms with van der Waals surface area (Å²) in [5.74, 6) is -0.0233. The van der Waals surface area contributed by atoms with Gasteiger partial charge in [-0.1, -0.05) is 42.5 Å². The molecule has 1 aliphatic heterocycles. The molecule has 20 heavy (non-hydrogen) atoms. The number of ether oxygens (including phenoxy) is 1. The number of hydrogen-bond donors (Lipinski definition) is 2. The summed E-state index contributed by atoms with van der Waals surface area (Å²) in [6.07, 6.45) is 0.161. The number of benzene rings is 2. The van der Waals surface area contributed by atoms with E-state index in [1.807, 2.05) is 30.3 Å². The Labute approximate surface area is 117 Å². The molecular formula is C16H15NO3. The minimum atomic E-state index is -0.384. The van der Waals surface area contributed by atoms with Gasteiger partial charge in [0.2, 0.25) is 0 Å². The maximum absolute atomic E-state index is 11.9. The van der Waals surface area contributed by atoms with E-state index >= 15 is 0 Å². The molecule has 1 heterocycles. The van der Waals surface area contributed by atoms with Gasteiger partial charge in [0.05, 0.1) is 0 Å². The smallest absolute Gasteiger partial charge is 0.325 e. The van der Waals surface area contributed by atoms with Gasteiger partial charge in [0.15, 0.2) is 6.23 Å². The molecule has 1 fully saturated rings. The molecule has 0 aromatic heterocycles. The molecule has 0 aliphatic carbocycles. The molecule has 1 aliphatic rings. The van der Waals surface area contributed by atoms with E-state index in [4.69, 9.17) is 4.74 Å². The van der Waals surface area contributed by atoms with Crippen molar-refractivity contribution in [3.05, 3.63) is 65.7 Å². The predicted molar refractivity (Wildman–Crippen MR) is 74.0 cm³/mol. The molecule has 2 N–H and O–H groups in total. The second-order valence-corrected chi connectivity index (χ2v) is 4.82. The second kappa shape index (κ2) is 5.35. The van der Waals surface area contributed by atoms with E-state index in [0.29, 0.717) is 6.42 Å². The fraction of sp³-hybridized carbons (Fsp3) is 0.188. The second-order valence-electron chi connectivity index (χ2n) is 4.82. The minimum Gasteiger partial charge on any atom is -0.508 e. The predicted octanol–water partition coefficient (Wildman–Crippen LogP) is 2.15. The first kappa shape index (κ1) is 12.7. The van der Waals surface area contributed by atoms with Crippen molar-refractivity contribution in [3.8, 4) is 5.75 Å². The maximum Gasteiger partial charge on any atom is 0.325 e. The van der Waals surface area contributed by atoms with Gasteiger partial charge in [0, 0.05) is 5.56 Å². The lowest BCUT2D eigenvalue weighted by Crippen LogP contribution is -2.30. The van der Waals surface area contributed by atoms with Crippen LogP contribution in [-0.4, -0.2) is 17.1 Å². The first-order chi connectivity index (χ1) is 9.72. The Kier molecular flexibility index (Phi) is 3.39. The maximum atomic E-state index is 11.9. The van der Waals surface area contributed by atoms with Gasteiger partial charge >= 0.3 is 5.97 Å². The number of phenols is 1. The Bertz CT molecular complexity index is 595. The van der Waals surface area contributed by atoms with Crippen LogP contribution in [0.2, 0.25) is 0 Å². The number of cyclic esters (lactones) is 1. The highest BCUT2D eigenvalue weighted by atomic mass is 16.6. The highest BCUT2D eigenvalue weighted by Crippen LogP contribution is 2.23. The van der Waals surface area contributed by atoms with Gasteiger partial charge in [-0.05, 0) is 24.1 Å². The minimum absolute atomic E-state index is 0.220. The van der Waals surface area contributed by atoms with Gasteiger partial charge in [-0.3, -0.25) is 10.1 Å². The summed E-state index contributed by atoms with van der Waals surface area (Å²) in [6, 6.07) is 16.1. The molecular weight excluding hydrogens is 254 g/mol. The van der Waals surface area contributed by atoms with Crippen LogP contribution < -0.4 is 5.32 Å². The molecule has 0 bridgehead atoms. The van der Waals surface area contributed by atoms with Crippen LogP contribution in [0.1, 0.15) is 17.4 Å². The van der Waals surface area contributed by atoms with E-state index in [2.05, 4.69) is 5.32 Å². The van der Waals surface area contributed by atoms with Crippen LogP contribution in [0.5, 0.6) is 5.75 Å². The van der Waals surface area contributed by atoms with Crippen molar-refractivity contribution in [1.29, 1.82) is 0 Å². The average molecular weight is 269 g/mol. The van der Waals surface area contributed by atoms with Crippen molar-refractivity contribution < 1.29 is 14.6 Å². The molecule has 2 aromatic carbocycles. The highest BCUT2D eigenvalue weighted by molar-refractivity contribution is 5.78. The number of carbonyl (C=O) groups excluding carboxylic acids is 1. The van der Waals surface area contributed by atoms with Gasteiger partial charge in [-0.15, -0.1) is 0 Å². The van der Waals surface area contributed by atoms with E-state index in [1.165, 1.54) is 0 Å². The zero-order chi connectivity index (χ0) is 13.9. The van der Waals surface area contributed by atoms with E-state index < -0.39 is 0 Å². The number of carbonyl (C=O) groups is 1. The van der Waals surface area contributed by atoms with Gasteiger partial charge in [0.1, 0.15) is 11.8 Å². The van der Waals surface area contributed by atoms with E-state index in [-0.39, 0.29) is 24.0 Å². The number of aromatic hydroxyl groups is 1. The molecule has 2 atom stereocenters. The molecule has 3 rings (SSSR count). The van der Waals surface area contributed by atoms with E-state index in [9.17, 15) is 9.90 Å². The topological polar surface area (TPSA) is 58.6 Å². The lowest BCUT2D eigenvalue weighted by molar-refractivity contribution is -0.142. The molecule has 0 spiro atoms. The number of nitrogens with one attached hydrogen (secondary N) is 1. The normalized spacial score (nSPS) is 21.7. The number of esters is 1. The van der Waals surface area contributed by atoms with Crippen LogP contribution in [0.3, 0.4) is 0 Å². The Balaban J connectivity index is 1.70. The summed E-state index contributed by atoms with van der Waals surface area (Å²) in [5.41, 5.74) is 1.92. The molecule has 0 saturated carbocycles. The van der Waals surface area contributed by atoms with Gasteiger partial charge in [0.25, 0.3) is 0 Å². The van der Waals surface area contributed by atoms with Crippen LogP contribution >= 0.6 is 0 Å². The molecule has 0 amide bonds. The van der Waals surface area contributed by atoms with Crippen molar-refractivity contribution >= 4 is 5.97 Å². The summed E-state index contributed by atoms with van der Waals surface area (Å²) in [6.45, 7) is 0. The Hall–Kier alpha value is -2.33. The summed E-state index contributed by atoms with van der Waals surface area (Å²) >= 11 is 0. The third kappa shape index (κ3) is 2.65. The van der Waals surface area contributed by atoms with Gasteiger partial charge in [-0.2, -0.15) is 0 Å². The summed E-state index contributed by atoms with van der Waals surface area (Å²) in [4.78, 5) is 11.9. The Morgan fingerprint density at radius 1 is 1.05 bits per heavy atom. The van der Waals surface area contributed by atoms with Crippen molar-refractivity contribution in [2.75, 3.05) is 0 Å². The Morgan fingerprint density at radius 2 is 1.75 bits per heavy atom. The standard InChI is InChI=1S/C16H15NO3/c18-13-8-6-11(7-9-13)10-14-16(19)20-15(17-14)12-4-2-1-3-5-12/h1-9,14-15,17-18H,10H2. The summed E-state index contributed by atoms with van der Waals surface area (Å²) in [5, 5.41) is 12.4. The van der Waals surface area contributed by atoms with Crippen LogP contribution in [0.15, 0.2) is 54.6 Å². The van der Waals surface area contributed by atoms with Crippen LogP contribution in [0.25, 0.3) is 0 Å². The third-order valence-electron chi connectivity index (χ3n) is 3.35. The van der Waals surface area contributed by atoms with Crippen molar-refractivity contribution in [3.63, 3.8) is 0 Å². The SMILES string of the molecule is O=C1OC(c2ccccc2)NC1Cc1ccc(O)cc1. The molecule has 0 radical (unpaired) electrons. The fourth-order valence-electron chi connectivity index (χ4n) is 2.29. The van der Waals surface area contributed by atoms with Crippen LogP contribution in [0.4, 0.5) is 0 Å². The quantitative estimate of drug-likeness (QED) is 0.838. The molecule has 1 saturated heterocycles. The van der Waals surface area contributed by atoms with E-state index in [0.717, 1.165) is 11.1 Å². The van der Waals surface area contributed by atoms with E-state index in [1.54, 1.807) is 24.3 Å². The molecule has 4 heteroatoms. The zero-order valence-electron chi connectivity index (χ0n) is 10.8. The lowest BCUT2D eigenvalue weighted by Gasteiger charge is -2.10. The molecule has 2 unspecified atom stereocenters. The zero-order valence-corrected chi connectivity index (χ0v) is 10.8. The average Bonchev–Trinajstić information content (AvgIpc) is 2.84. The molecule has 102 valence electrons. The largest absolute Gasteiger partial charge is 0.508 e. The molecule has 2 aromatic rings. The summed E-state index contributed by atoms with van der Waals surface area (Å²) < 4.78 is 5.36. The Morgan fingerprint density at radius 3 is 2.45 bits per heavy atom. The van der Waals surface area contributed by atoms with Gasteiger partial charge in [-0.25, -0.2) is 0 Å². The highest BCUT2D eigenvalue weighted by Gasteiger charge is 2.34. The van der Waals surface area contributed by atoms with Crippen molar-refractivity contribution in [1.82, 2.24) is 5.32 Å². The van der Waals surface area contributed by atoms with Crippen molar-refractivity contribution in [2.45, 2.75) is 18.7 Å². The molecule has 4 nitrogen and oxygen atoms in total. The number of hydrogen-bond acceptors (Lipinski definition) is 4. The fourth-order valence-corrected chi connectivity index (χ4v) is 2.29. The van der Waals surface area contributed by atoms with Crippen molar-refractivity contribution in [2.24, 2.45) is 0 Å². The first-order valence-electron chi connectivity index (χ1n) is 6.52. The van der Waals surface area contributed by atoms with Gasteiger partial charge < -0.3 is 9.84 Å². The summed E-state index contributed by atoms with van der Waals surface area (Å²) in [7, 11) is 0. The van der Waals surface area contributed by atoms with Crippen LogP contribution in [-0.2, 0) is 16.0 Å². The monoisotopic (exact) mass is 269 g/mol. The first-order valence-corrected chi connectivity index (χ1v) is 6.52. The van der Waals surface area contributed by atoms with Crippen LogP contribution in [0, 0.1) is 0 Å². The lowest BCUT2D eigenvalue weighted by atomic mass is 10.1. The number of phenolic OH excluding ortho intramolecular Hbond substituents is 1.